The monoisotopic (exact) mass is 261 g/mol. The predicted octanol–water partition coefficient (Wildman–Crippen LogP) is 4.55. The maximum Gasteiger partial charge on any atom is 0.0701 e. The van der Waals surface area contributed by atoms with E-state index in [9.17, 15) is 0 Å². The topological polar surface area (TPSA) is 12.0 Å². The first kappa shape index (κ1) is 12.7. The molecule has 1 nitrogen and oxygen atoms in total. The van der Waals surface area contributed by atoms with Crippen LogP contribution in [0, 0.1) is 13.8 Å². The zero-order valence-electron chi connectivity index (χ0n) is 11.9. The fourth-order valence-electron chi connectivity index (χ4n) is 2.60. The summed E-state index contributed by atoms with van der Waals surface area (Å²) in [4.78, 5) is 0. The lowest BCUT2D eigenvalue weighted by Gasteiger charge is -2.20. The summed E-state index contributed by atoms with van der Waals surface area (Å²) in [5.74, 6) is 0. The van der Waals surface area contributed by atoms with Gasteiger partial charge in [-0.1, -0.05) is 59.7 Å². The number of nitrogens with one attached hydrogen (secondary N) is 1. The highest BCUT2D eigenvalue weighted by Gasteiger charge is 2.12. The standard InChI is InChI=1S/C19H19N/c1-14-5-3-7-16(11-14)17-9-10-20-19(13-17)18-8-4-6-15(2)12-18/h3-13,19-20H,1-2H3. The third-order valence-electron chi connectivity index (χ3n) is 3.64. The smallest absolute Gasteiger partial charge is 0.0701 e. The summed E-state index contributed by atoms with van der Waals surface area (Å²) in [6.45, 7) is 4.26. The van der Waals surface area contributed by atoms with Crippen LogP contribution in [0.1, 0.15) is 28.3 Å². The molecule has 1 N–H and O–H groups in total. The van der Waals surface area contributed by atoms with E-state index in [2.05, 4.69) is 79.8 Å². The Balaban J connectivity index is 1.95. The van der Waals surface area contributed by atoms with E-state index < -0.39 is 0 Å². The first-order valence-electron chi connectivity index (χ1n) is 7.00. The Hall–Kier alpha value is -2.28. The van der Waals surface area contributed by atoms with Crippen LogP contribution in [-0.2, 0) is 0 Å². The van der Waals surface area contributed by atoms with Crippen LogP contribution in [0.25, 0.3) is 5.57 Å². The minimum Gasteiger partial charge on any atom is -0.381 e. The summed E-state index contributed by atoms with van der Waals surface area (Å²) in [7, 11) is 0. The number of allylic oxidation sites excluding steroid dienone is 2. The van der Waals surface area contributed by atoms with Crippen LogP contribution in [0.3, 0.4) is 0 Å². The maximum atomic E-state index is 3.42. The summed E-state index contributed by atoms with van der Waals surface area (Å²) < 4.78 is 0. The van der Waals surface area contributed by atoms with Gasteiger partial charge in [0.05, 0.1) is 6.04 Å². The second kappa shape index (κ2) is 5.38. The fourth-order valence-corrected chi connectivity index (χ4v) is 2.60. The van der Waals surface area contributed by atoms with Gasteiger partial charge < -0.3 is 5.32 Å². The van der Waals surface area contributed by atoms with Crippen molar-refractivity contribution in [1.82, 2.24) is 5.32 Å². The van der Waals surface area contributed by atoms with Crippen molar-refractivity contribution in [2.75, 3.05) is 0 Å². The molecule has 3 rings (SSSR count). The molecule has 0 saturated heterocycles. The first-order valence-corrected chi connectivity index (χ1v) is 7.00. The molecule has 1 unspecified atom stereocenters. The molecule has 2 aromatic rings. The van der Waals surface area contributed by atoms with Gasteiger partial charge in [-0.05, 0) is 48.9 Å². The van der Waals surface area contributed by atoms with Gasteiger partial charge in [-0.3, -0.25) is 0 Å². The van der Waals surface area contributed by atoms with Gasteiger partial charge in [-0.15, -0.1) is 0 Å². The van der Waals surface area contributed by atoms with Crippen LogP contribution >= 0.6 is 0 Å². The van der Waals surface area contributed by atoms with E-state index in [-0.39, 0.29) is 6.04 Å². The van der Waals surface area contributed by atoms with Gasteiger partial charge in [0.25, 0.3) is 0 Å². The summed E-state index contributed by atoms with van der Waals surface area (Å²) >= 11 is 0. The van der Waals surface area contributed by atoms with E-state index in [0.717, 1.165) is 0 Å². The highest BCUT2D eigenvalue weighted by molar-refractivity contribution is 5.75. The van der Waals surface area contributed by atoms with Crippen molar-refractivity contribution in [1.29, 1.82) is 0 Å². The molecule has 0 saturated carbocycles. The van der Waals surface area contributed by atoms with Crippen molar-refractivity contribution >= 4 is 5.57 Å². The second-order valence-electron chi connectivity index (χ2n) is 5.38. The number of hydrogen-bond acceptors (Lipinski definition) is 1. The van der Waals surface area contributed by atoms with Gasteiger partial charge >= 0.3 is 0 Å². The molecule has 0 aromatic heterocycles. The van der Waals surface area contributed by atoms with Gasteiger partial charge in [0.1, 0.15) is 0 Å². The number of benzene rings is 2. The van der Waals surface area contributed by atoms with Crippen LogP contribution in [0.4, 0.5) is 0 Å². The van der Waals surface area contributed by atoms with Gasteiger partial charge in [-0.25, -0.2) is 0 Å². The third kappa shape index (κ3) is 2.67. The number of dihydropyridines is 1. The Morgan fingerprint density at radius 1 is 0.900 bits per heavy atom. The Bertz CT molecular complexity index is 680. The minimum atomic E-state index is 0.246. The second-order valence-corrected chi connectivity index (χ2v) is 5.38. The van der Waals surface area contributed by atoms with E-state index in [0.29, 0.717) is 0 Å². The Morgan fingerprint density at radius 2 is 1.65 bits per heavy atom. The average Bonchev–Trinajstić information content (AvgIpc) is 2.47. The summed E-state index contributed by atoms with van der Waals surface area (Å²) in [6, 6.07) is 17.6. The van der Waals surface area contributed by atoms with Crippen LogP contribution in [0.5, 0.6) is 0 Å². The quantitative estimate of drug-likeness (QED) is 0.836. The normalized spacial score (nSPS) is 17.5. The van der Waals surface area contributed by atoms with E-state index in [1.54, 1.807) is 0 Å². The fraction of sp³-hybridized carbons (Fsp3) is 0.158. The molecule has 2 aromatic carbocycles. The zero-order chi connectivity index (χ0) is 13.9. The Labute approximate surface area is 120 Å². The van der Waals surface area contributed by atoms with Crippen molar-refractivity contribution in [3.63, 3.8) is 0 Å². The van der Waals surface area contributed by atoms with E-state index in [4.69, 9.17) is 0 Å². The zero-order valence-corrected chi connectivity index (χ0v) is 11.9. The van der Waals surface area contributed by atoms with Crippen molar-refractivity contribution in [3.8, 4) is 0 Å². The molecule has 1 heteroatoms. The van der Waals surface area contributed by atoms with Crippen LogP contribution < -0.4 is 5.32 Å². The largest absolute Gasteiger partial charge is 0.381 e. The molecule has 20 heavy (non-hydrogen) atoms. The summed E-state index contributed by atoms with van der Waals surface area (Å²) in [5, 5.41) is 3.42. The molecular weight excluding hydrogens is 242 g/mol. The summed E-state index contributed by atoms with van der Waals surface area (Å²) in [5.41, 5.74) is 6.45. The molecule has 1 aliphatic rings. The molecule has 0 aliphatic carbocycles. The molecule has 0 bridgehead atoms. The van der Waals surface area contributed by atoms with Crippen LogP contribution in [0.2, 0.25) is 0 Å². The molecule has 1 aliphatic heterocycles. The first-order chi connectivity index (χ1) is 9.72. The van der Waals surface area contributed by atoms with E-state index in [1.165, 1.54) is 27.8 Å². The highest BCUT2D eigenvalue weighted by Crippen LogP contribution is 2.26. The van der Waals surface area contributed by atoms with Crippen LogP contribution in [0.15, 0.2) is 66.9 Å². The molecule has 0 spiro atoms. The van der Waals surface area contributed by atoms with Gasteiger partial charge in [0.15, 0.2) is 0 Å². The van der Waals surface area contributed by atoms with Crippen molar-refractivity contribution < 1.29 is 0 Å². The Morgan fingerprint density at radius 3 is 2.40 bits per heavy atom. The number of hydrogen-bond donors (Lipinski definition) is 1. The molecular formula is C19H19N. The van der Waals surface area contributed by atoms with Gasteiger partial charge in [0, 0.05) is 0 Å². The predicted molar refractivity (Wildman–Crippen MR) is 85.4 cm³/mol. The van der Waals surface area contributed by atoms with Crippen molar-refractivity contribution in [3.05, 3.63) is 89.1 Å². The van der Waals surface area contributed by atoms with E-state index >= 15 is 0 Å². The highest BCUT2D eigenvalue weighted by atomic mass is 14.9. The third-order valence-corrected chi connectivity index (χ3v) is 3.64. The molecule has 1 heterocycles. The molecule has 0 fully saturated rings. The lowest BCUT2D eigenvalue weighted by molar-refractivity contribution is 0.748. The SMILES string of the molecule is Cc1cccc(C2=CC(c3cccc(C)c3)NC=C2)c1. The minimum absolute atomic E-state index is 0.246. The number of aryl methyl sites for hydroxylation is 2. The molecule has 0 amide bonds. The average molecular weight is 261 g/mol. The molecule has 100 valence electrons. The Kier molecular flexibility index (Phi) is 3.42. The van der Waals surface area contributed by atoms with Gasteiger partial charge in [-0.2, -0.15) is 0 Å². The van der Waals surface area contributed by atoms with Gasteiger partial charge in [0.2, 0.25) is 0 Å². The van der Waals surface area contributed by atoms with Crippen LogP contribution in [-0.4, -0.2) is 0 Å². The van der Waals surface area contributed by atoms with Crippen molar-refractivity contribution in [2.24, 2.45) is 0 Å². The number of rotatable bonds is 2. The maximum absolute atomic E-state index is 3.42. The lowest BCUT2D eigenvalue weighted by Crippen LogP contribution is -2.16. The summed E-state index contributed by atoms with van der Waals surface area (Å²) in [6.07, 6.45) is 6.48. The molecule has 0 radical (unpaired) electrons. The lowest BCUT2D eigenvalue weighted by atomic mass is 9.95. The van der Waals surface area contributed by atoms with Crippen molar-refractivity contribution in [2.45, 2.75) is 19.9 Å². The molecule has 1 atom stereocenters. The van der Waals surface area contributed by atoms with E-state index in [1.807, 2.05) is 6.20 Å².